The highest BCUT2D eigenvalue weighted by atomic mass is 16.2. The van der Waals surface area contributed by atoms with Crippen LogP contribution in [-0.4, -0.2) is 29.2 Å². The number of nitrogens with zero attached hydrogens (tertiary/aromatic N) is 1. The van der Waals surface area contributed by atoms with Gasteiger partial charge in [-0.05, 0) is 12.6 Å². The second-order valence-electron chi connectivity index (χ2n) is 2.63. The summed E-state index contributed by atoms with van der Waals surface area (Å²) in [6.07, 6.45) is 0. The van der Waals surface area contributed by atoms with Crippen LogP contribution in [-0.2, 0) is 4.79 Å². The summed E-state index contributed by atoms with van der Waals surface area (Å²) in [4.78, 5) is 21.8. The molecule has 0 saturated heterocycles. The van der Waals surface area contributed by atoms with Crippen LogP contribution in [0, 0.1) is 0 Å². The molecule has 6 heteroatoms. The van der Waals surface area contributed by atoms with Crippen molar-refractivity contribution in [1.82, 2.24) is 15.5 Å². The first-order valence-electron chi connectivity index (χ1n) is 4.28. The van der Waals surface area contributed by atoms with Gasteiger partial charge in [-0.2, -0.15) is 5.10 Å². The normalized spacial score (nSPS) is 9.79. The topological polar surface area (TPSA) is 86.9 Å². The van der Waals surface area contributed by atoms with Crippen LogP contribution in [0.15, 0.2) is 16.9 Å². The molecule has 76 valence electrons. The first-order valence-corrected chi connectivity index (χ1v) is 4.28. The van der Waals surface area contributed by atoms with Crippen molar-refractivity contribution < 1.29 is 4.79 Å². The molecule has 0 bridgehead atoms. The van der Waals surface area contributed by atoms with Crippen LogP contribution in [0.5, 0.6) is 0 Å². The van der Waals surface area contributed by atoms with Gasteiger partial charge in [-0.1, -0.05) is 6.92 Å². The predicted octanol–water partition coefficient (Wildman–Crippen LogP) is -0.682. The van der Waals surface area contributed by atoms with Crippen molar-refractivity contribution in [1.29, 1.82) is 0 Å². The van der Waals surface area contributed by atoms with Gasteiger partial charge in [0.15, 0.2) is 5.82 Å². The maximum Gasteiger partial charge on any atom is 0.264 e. The summed E-state index contributed by atoms with van der Waals surface area (Å²) in [5, 5.41) is 11.2. The molecular weight excluding hydrogens is 184 g/mol. The first kappa shape index (κ1) is 10.4. The van der Waals surface area contributed by atoms with Crippen LogP contribution in [0.3, 0.4) is 0 Å². The van der Waals surface area contributed by atoms with Crippen LogP contribution in [0.2, 0.25) is 0 Å². The number of aromatic nitrogens is 2. The summed E-state index contributed by atoms with van der Waals surface area (Å²) in [6.45, 7) is 2.87. The molecule has 1 amide bonds. The van der Waals surface area contributed by atoms with E-state index in [1.807, 2.05) is 6.92 Å². The van der Waals surface area contributed by atoms with Gasteiger partial charge in [-0.15, -0.1) is 0 Å². The number of rotatable bonds is 4. The zero-order valence-electron chi connectivity index (χ0n) is 7.83. The molecule has 0 unspecified atom stereocenters. The zero-order chi connectivity index (χ0) is 10.4. The highest BCUT2D eigenvalue weighted by molar-refractivity contribution is 5.91. The monoisotopic (exact) mass is 196 g/mol. The number of carbonyl (C=O) groups excluding carboxylic acids is 1. The molecule has 0 aliphatic rings. The molecule has 1 aromatic rings. The van der Waals surface area contributed by atoms with E-state index in [-0.39, 0.29) is 18.0 Å². The predicted molar refractivity (Wildman–Crippen MR) is 52.0 cm³/mol. The van der Waals surface area contributed by atoms with Crippen molar-refractivity contribution in [2.24, 2.45) is 0 Å². The third-order valence-electron chi connectivity index (χ3n) is 1.48. The van der Waals surface area contributed by atoms with E-state index in [1.165, 1.54) is 12.1 Å². The minimum atomic E-state index is -0.297. The molecule has 1 rings (SSSR count). The lowest BCUT2D eigenvalue weighted by atomic mass is 10.5. The van der Waals surface area contributed by atoms with Crippen molar-refractivity contribution >= 4 is 11.7 Å². The Morgan fingerprint density at radius 2 is 2.36 bits per heavy atom. The molecule has 0 atom stereocenters. The van der Waals surface area contributed by atoms with E-state index in [9.17, 15) is 9.59 Å². The number of hydrogen-bond donors (Lipinski definition) is 3. The van der Waals surface area contributed by atoms with Gasteiger partial charge in [0.25, 0.3) is 5.56 Å². The molecule has 0 radical (unpaired) electrons. The Morgan fingerprint density at radius 3 is 2.93 bits per heavy atom. The number of amides is 1. The third-order valence-corrected chi connectivity index (χ3v) is 1.48. The molecule has 3 N–H and O–H groups in total. The average molecular weight is 196 g/mol. The van der Waals surface area contributed by atoms with Crippen molar-refractivity contribution in [3.63, 3.8) is 0 Å². The second kappa shape index (κ2) is 5.13. The number of likely N-dealkylation sites (N-methyl/N-ethyl adjacent to an activating group) is 1. The molecule has 0 saturated carbocycles. The quantitative estimate of drug-likeness (QED) is 0.595. The summed E-state index contributed by atoms with van der Waals surface area (Å²) >= 11 is 0. The van der Waals surface area contributed by atoms with Gasteiger partial charge in [-0.25, -0.2) is 5.10 Å². The minimum Gasteiger partial charge on any atom is -0.309 e. The molecule has 1 heterocycles. The highest BCUT2D eigenvalue weighted by Gasteiger charge is 2.01. The SMILES string of the molecule is CCNCC(=O)Nc1ccc(=O)[nH]n1. The summed E-state index contributed by atoms with van der Waals surface area (Å²) in [5.74, 6) is 0.152. The zero-order valence-corrected chi connectivity index (χ0v) is 7.83. The van der Waals surface area contributed by atoms with Crippen molar-refractivity contribution in [3.05, 3.63) is 22.5 Å². The number of aromatic amines is 1. The van der Waals surface area contributed by atoms with Gasteiger partial charge >= 0.3 is 0 Å². The maximum absolute atomic E-state index is 11.2. The number of carbonyl (C=O) groups is 1. The number of nitrogens with one attached hydrogen (secondary N) is 3. The Labute approximate surface area is 80.7 Å². The smallest absolute Gasteiger partial charge is 0.264 e. The van der Waals surface area contributed by atoms with Gasteiger partial charge in [0.05, 0.1) is 6.54 Å². The number of anilines is 1. The van der Waals surface area contributed by atoms with Crippen LogP contribution in [0.1, 0.15) is 6.92 Å². The van der Waals surface area contributed by atoms with Gasteiger partial charge in [0.2, 0.25) is 5.91 Å². The minimum absolute atomic E-state index is 0.189. The standard InChI is InChI=1S/C8H12N4O2/c1-2-9-5-8(14)10-6-3-4-7(13)12-11-6/h3-4,9H,2,5H2,1H3,(H,12,13)(H,10,11,14). The van der Waals surface area contributed by atoms with Gasteiger partial charge in [-0.3, -0.25) is 9.59 Å². The second-order valence-corrected chi connectivity index (χ2v) is 2.63. The van der Waals surface area contributed by atoms with Crippen LogP contribution in [0.25, 0.3) is 0 Å². The lowest BCUT2D eigenvalue weighted by Crippen LogP contribution is -2.28. The fourth-order valence-electron chi connectivity index (χ4n) is 0.840. The van der Waals surface area contributed by atoms with E-state index in [0.29, 0.717) is 5.82 Å². The van der Waals surface area contributed by atoms with Gasteiger partial charge in [0.1, 0.15) is 0 Å². The van der Waals surface area contributed by atoms with E-state index < -0.39 is 0 Å². The van der Waals surface area contributed by atoms with Crippen LogP contribution >= 0.6 is 0 Å². The Bertz CT molecular complexity index is 340. The van der Waals surface area contributed by atoms with Crippen LogP contribution in [0.4, 0.5) is 5.82 Å². The van der Waals surface area contributed by atoms with Crippen molar-refractivity contribution in [3.8, 4) is 0 Å². The fraction of sp³-hybridized carbons (Fsp3) is 0.375. The third kappa shape index (κ3) is 3.36. The van der Waals surface area contributed by atoms with E-state index in [1.54, 1.807) is 0 Å². The molecule has 0 spiro atoms. The van der Waals surface area contributed by atoms with Crippen molar-refractivity contribution in [2.45, 2.75) is 6.92 Å². The lowest BCUT2D eigenvalue weighted by molar-refractivity contribution is -0.115. The molecule has 1 aromatic heterocycles. The fourth-order valence-corrected chi connectivity index (χ4v) is 0.840. The van der Waals surface area contributed by atoms with E-state index in [0.717, 1.165) is 6.54 Å². The van der Waals surface area contributed by atoms with E-state index in [2.05, 4.69) is 20.8 Å². The summed E-state index contributed by atoms with van der Waals surface area (Å²) in [5.41, 5.74) is -0.297. The molecule has 0 aliphatic heterocycles. The van der Waals surface area contributed by atoms with Gasteiger partial charge in [0, 0.05) is 6.07 Å². The number of hydrogen-bond acceptors (Lipinski definition) is 4. The first-order chi connectivity index (χ1) is 6.72. The molecule has 0 fully saturated rings. The highest BCUT2D eigenvalue weighted by Crippen LogP contribution is 1.94. The van der Waals surface area contributed by atoms with Crippen LogP contribution < -0.4 is 16.2 Å². The molecule has 6 nitrogen and oxygen atoms in total. The molecule has 0 aliphatic carbocycles. The largest absolute Gasteiger partial charge is 0.309 e. The van der Waals surface area contributed by atoms with Crippen molar-refractivity contribution in [2.75, 3.05) is 18.4 Å². The molecule has 0 aromatic carbocycles. The summed E-state index contributed by atoms with van der Waals surface area (Å²) in [6, 6.07) is 2.75. The average Bonchev–Trinajstić information content (AvgIpc) is 2.18. The Morgan fingerprint density at radius 1 is 1.57 bits per heavy atom. The lowest BCUT2D eigenvalue weighted by Gasteiger charge is -2.02. The number of H-pyrrole nitrogens is 1. The van der Waals surface area contributed by atoms with Gasteiger partial charge < -0.3 is 10.6 Å². The molecular formula is C8H12N4O2. The summed E-state index contributed by atoms with van der Waals surface area (Å²) in [7, 11) is 0. The Kier molecular flexibility index (Phi) is 3.81. The molecule has 14 heavy (non-hydrogen) atoms. The van der Waals surface area contributed by atoms with E-state index >= 15 is 0 Å². The maximum atomic E-state index is 11.2. The Balaban J connectivity index is 2.48. The van der Waals surface area contributed by atoms with E-state index in [4.69, 9.17) is 0 Å². The Hall–Kier alpha value is -1.69. The summed E-state index contributed by atoms with van der Waals surface area (Å²) < 4.78 is 0.